The highest BCUT2D eigenvalue weighted by atomic mass is 32.1. The van der Waals surface area contributed by atoms with E-state index in [9.17, 15) is 9.59 Å². The molecule has 0 aliphatic carbocycles. The molecule has 160 valence electrons. The number of anilines is 1. The molecule has 1 atom stereocenters. The van der Waals surface area contributed by atoms with Gasteiger partial charge in [0.05, 0.1) is 23.5 Å². The maximum absolute atomic E-state index is 13.2. The fourth-order valence-corrected chi connectivity index (χ4v) is 4.86. The first-order chi connectivity index (χ1) is 15.7. The van der Waals surface area contributed by atoms with Gasteiger partial charge in [-0.15, -0.1) is 0 Å². The maximum atomic E-state index is 13.2. The lowest BCUT2D eigenvalue weighted by Crippen LogP contribution is -2.40. The number of hydrogen-bond donors (Lipinski definition) is 1. The van der Waals surface area contributed by atoms with Crippen molar-refractivity contribution in [3.63, 3.8) is 0 Å². The smallest absolute Gasteiger partial charge is 0.224 e. The molecule has 0 saturated heterocycles. The molecular formula is C25H22N4O2S. The molecule has 4 aromatic rings. The summed E-state index contributed by atoms with van der Waals surface area (Å²) < 4.78 is 8.44. The van der Waals surface area contributed by atoms with Gasteiger partial charge in [-0.25, -0.2) is 0 Å². The van der Waals surface area contributed by atoms with Crippen LogP contribution in [-0.4, -0.2) is 32.0 Å². The number of aromatic nitrogens is 2. The van der Waals surface area contributed by atoms with Crippen LogP contribution >= 0.6 is 11.7 Å². The van der Waals surface area contributed by atoms with E-state index < -0.39 is 0 Å². The molecule has 1 N–H and O–H groups in total. The van der Waals surface area contributed by atoms with Gasteiger partial charge in [-0.3, -0.25) is 9.59 Å². The highest BCUT2D eigenvalue weighted by Crippen LogP contribution is 2.35. The summed E-state index contributed by atoms with van der Waals surface area (Å²) in [6, 6.07) is 23.7. The minimum absolute atomic E-state index is 0.0166. The van der Waals surface area contributed by atoms with Gasteiger partial charge in [-0.2, -0.15) is 8.75 Å². The van der Waals surface area contributed by atoms with Crippen LogP contribution in [0.2, 0.25) is 0 Å². The summed E-state index contributed by atoms with van der Waals surface area (Å²) in [6.45, 7) is 0.640. The second kappa shape index (κ2) is 8.88. The van der Waals surface area contributed by atoms with E-state index in [1.54, 1.807) is 6.07 Å². The number of fused-ring (bicyclic) bond motifs is 2. The molecule has 6 nitrogen and oxygen atoms in total. The Hall–Kier alpha value is -3.58. The Kier molecular flexibility index (Phi) is 5.64. The first-order valence-electron chi connectivity index (χ1n) is 10.6. The Balaban J connectivity index is 1.31. The van der Waals surface area contributed by atoms with E-state index in [0.29, 0.717) is 17.7 Å². The van der Waals surface area contributed by atoms with E-state index in [2.05, 4.69) is 38.3 Å². The summed E-state index contributed by atoms with van der Waals surface area (Å²) >= 11 is 1.11. The molecule has 0 radical (unpaired) electrons. The number of carbonyl (C=O) groups is 2. The molecule has 0 saturated carbocycles. The Labute approximate surface area is 190 Å². The number of nitrogens with one attached hydrogen (secondary N) is 1. The molecule has 0 spiro atoms. The van der Waals surface area contributed by atoms with E-state index >= 15 is 0 Å². The zero-order chi connectivity index (χ0) is 21.9. The highest BCUT2D eigenvalue weighted by molar-refractivity contribution is 7.00. The van der Waals surface area contributed by atoms with Gasteiger partial charge in [0.15, 0.2) is 0 Å². The van der Waals surface area contributed by atoms with Gasteiger partial charge in [-0.1, -0.05) is 60.7 Å². The van der Waals surface area contributed by atoms with Crippen LogP contribution in [0.15, 0.2) is 72.8 Å². The molecule has 1 aliphatic heterocycles. The van der Waals surface area contributed by atoms with Crippen molar-refractivity contribution in [2.45, 2.75) is 25.3 Å². The minimum atomic E-state index is -0.201. The van der Waals surface area contributed by atoms with Crippen LogP contribution in [0.1, 0.15) is 35.6 Å². The van der Waals surface area contributed by atoms with Crippen molar-refractivity contribution in [3.8, 4) is 0 Å². The molecule has 7 heteroatoms. The van der Waals surface area contributed by atoms with Crippen molar-refractivity contribution >= 4 is 40.3 Å². The van der Waals surface area contributed by atoms with E-state index in [0.717, 1.165) is 34.8 Å². The van der Waals surface area contributed by atoms with Crippen LogP contribution in [0.25, 0.3) is 11.0 Å². The summed E-state index contributed by atoms with van der Waals surface area (Å²) in [5.41, 5.74) is 5.57. The lowest BCUT2D eigenvalue weighted by Gasteiger charge is -2.38. The number of nitrogens with zero attached hydrogens (tertiary/aromatic N) is 3. The largest absolute Gasteiger partial charge is 0.331 e. The van der Waals surface area contributed by atoms with E-state index in [1.165, 1.54) is 5.56 Å². The van der Waals surface area contributed by atoms with Crippen molar-refractivity contribution in [3.05, 3.63) is 89.5 Å². The molecule has 0 bridgehead atoms. The fraction of sp³-hybridized carbons (Fsp3) is 0.200. The van der Waals surface area contributed by atoms with Crippen LogP contribution < -0.4 is 5.32 Å². The molecule has 0 fully saturated rings. The van der Waals surface area contributed by atoms with Gasteiger partial charge in [0, 0.05) is 19.4 Å². The molecule has 1 unspecified atom stereocenters. The Morgan fingerprint density at radius 3 is 2.62 bits per heavy atom. The Bertz CT molecular complexity index is 1270. The van der Waals surface area contributed by atoms with E-state index in [1.807, 2.05) is 47.4 Å². The predicted octanol–water partition coefficient (Wildman–Crippen LogP) is 4.58. The summed E-state index contributed by atoms with van der Waals surface area (Å²) in [6.07, 6.45) is 1.09. The molecule has 2 amide bonds. The van der Waals surface area contributed by atoms with E-state index in [4.69, 9.17) is 0 Å². The quantitative estimate of drug-likeness (QED) is 0.491. The maximum Gasteiger partial charge on any atom is 0.224 e. The fourth-order valence-electron chi connectivity index (χ4n) is 4.31. The average molecular weight is 443 g/mol. The summed E-state index contributed by atoms with van der Waals surface area (Å²) in [5, 5.41) is 2.88. The molecule has 32 heavy (non-hydrogen) atoms. The van der Waals surface area contributed by atoms with Crippen molar-refractivity contribution in [2.75, 3.05) is 11.9 Å². The first-order valence-corrected chi connectivity index (χ1v) is 11.4. The number of amides is 2. The van der Waals surface area contributed by atoms with Gasteiger partial charge in [0.1, 0.15) is 11.0 Å². The highest BCUT2D eigenvalue weighted by Gasteiger charge is 2.31. The van der Waals surface area contributed by atoms with Crippen molar-refractivity contribution in [1.29, 1.82) is 0 Å². The van der Waals surface area contributed by atoms with Crippen molar-refractivity contribution in [2.24, 2.45) is 0 Å². The number of benzene rings is 3. The zero-order valence-corrected chi connectivity index (χ0v) is 18.2. The number of carbonyl (C=O) groups excluding carboxylic acids is 2. The van der Waals surface area contributed by atoms with Crippen LogP contribution in [0.4, 0.5) is 5.69 Å². The first kappa shape index (κ1) is 20.3. The molecular weight excluding hydrogens is 420 g/mol. The minimum Gasteiger partial charge on any atom is -0.331 e. The Morgan fingerprint density at radius 1 is 0.938 bits per heavy atom. The van der Waals surface area contributed by atoms with Crippen LogP contribution in [0.5, 0.6) is 0 Å². The van der Waals surface area contributed by atoms with Gasteiger partial charge in [0.2, 0.25) is 11.8 Å². The van der Waals surface area contributed by atoms with Crippen LogP contribution in [-0.2, 0) is 16.0 Å². The van der Waals surface area contributed by atoms with Gasteiger partial charge in [-0.05, 0) is 35.2 Å². The molecule has 3 aromatic carbocycles. The van der Waals surface area contributed by atoms with Gasteiger partial charge < -0.3 is 10.2 Å². The molecule has 5 rings (SSSR count). The topological polar surface area (TPSA) is 75.2 Å². The van der Waals surface area contributed by atoms with E-state index in [-0.39, 0.29) is 30.7 Å². The van der Waals surface area contributed by atoms with Crippen LogP contribution in [0.3, 0.4) is 0 Å². The zero-order valence-electron chi connectivity index (χ0n) is 17.4. The number of rotatable bonds is 5. The summed E-state index contributed by atoms with van der Waals surface area (Å²) in [5.74, 6) is -0.218. The second-order valence-corrected chi connectivity index (χ2v) is 8.36. The van der Waals surface area contributed by atoms with Crippen LogP contribution in [0, 0.1) is 0 Å². The molecule has 2 heterocycles. The second-order valence-electron chi connectivity index (χ2n) is 7.83. The number of hydrogen-bond acceptors (Lipinski definition) is 5. The average Bonchev–Trinajstić information content (AvgIpc) is 3.32. The van der Waals surface area contributed by atoms with Crippen molar-refractivity contribution < 1.29 is 9.59 Å². The third-order valence-electron chi connectivity index (χ3n) is 5.85. The van der Waals surface area contributed by atoms with Gasteiger partial charge >= 0.3 is 0 Å². The molecule has 1 aliphatic rings. The third-order valence-corrected chi connectivity index (χ3v) is 6.39. The standard InChI is InChI=1S/C25H22N4O2S/c30-22(26-20-11-6-12-21-24(20)28-32-27-21)13-14-23(31)29-16-15-17-7-4-5-10-19(17)25(29)18-8-2-1-3-9-18/h1-12,25H,13-16H2,(H,26,30). The lowest BCUT2D eigenvalue weighted by molar-refractivity contribution is -0.134. The summed E-state index contributed by atoms with van der Waals surface area (Å²) in [4.78, 5) is 27.7. The predicted molar refractivity (Wildman–Crippen MR) is 125 cm³/mol. The normalized spacial score (nSPS) is 15.4. The lowest BCUT2D eigenvalue weighted by atomic mass is 9.88. The SMILES string of the molecule is O=C(CCC(=O)N1CCc2ccccc2C1c1ccccc1)Nc1cccc2nsnc12. The molecule has 1 aromatic heterocycles. The summed E-state index contributed by atoms with van der Waals surface area (Å²) in [7, 11) is 0. The monoisotopic (exact) mass is 442 g/mol. The Morgan fingerprint density at radius 2 is 1.75 bits per heavy atom. The third kappa shape index (κ3) is 3.99. The van der Waals surface area contributed by atoms with Gasteiger partial charge in [0.25, 0.3) is 0 Å². The van der Waals surface area contributed by atoms with Crippen molar-refractivity contribution in [1.82, 2.24) is 13.6 Å².